The normalized spacial score (nSPS) is 42.6. The van der Waals surface area contributed by atoms with E-state index in [0.717, 1.165) is 19.3 Å². The van der Waals surface area contributed by atoms with E-state index in [1.54, 1.807) is 0 Å². The maximum Gasteiger partial charge on any atom is 0.293 e. The molecular weight excluding hydrogens is 204 g/mol. The Labute approximate surface area is 95.9 Å². The first kappa shape index (κ1) is 11.4. The van der Waals surface area contributed by atoms with Crippen LogP contribution in [0, 0.1) is 17.3 Å². The lowest BCUT2D eigenvalue weighted by molar-refractivity contribution is -0.143. The number of Topliss-reactive ketones (excluding diaryl/α,β-unsaturated/α-hetero) is 1. The van der Waals surface area contributed by atoms with Crippen molar-refractivity contribution in [3.05, 3.63) is 12.7 Å². The molecule has 0 saturated heterocycles. The summed E-state index contributed by atoms with van der Waals surface area (Å²) in [4.78, 5) is 22.4. The van der Waals surface area contributed by atoms with Gasteiger partial charge in [0.15, 0.2) is 0 Å². The van der Waals surface area contributed by atoms with Crippen LogP contribution in [0.4, 0.5) is 0 Å². The Morgan fingerprint density at radius 1 is 1.50 bits per heavy atom. The topological polar surface area (TPSA) is 43.4 Å². The molecule has 0 N–H and O–H groups in total. The van der Waals surface area contributed by atoms with Gasteiger partial charge in [-0.05, 0) is 25.2 Å². The molecule has 2 aliphatic rings. The standard InChI is InChI=1S/C13H18O3/c1-3-9-10-4-5-12(15)13(10,2)7-6-11(9)16-8-14/h3,8-11H,1,4-7H2,2H3/t9-,10-,11+,13-/m0/s1. The predicted octanol–water partition coefficient (Wildman–Crippen LogP) is 2.11. The Morgan fingerprint density at radius 2 is 2.25 bits per heavy atom. The second-order valence-corrected chi connectivity index (χ2v) is 5.11. The molecule has 2 aliphatic carbocycles. The third kappa shape index (κ3) is 1.49. The van der Waals surface area contributed by atoms with E-state index in [0.29, 0.717) is 24.6 Å². The molecule has 0 aromatic heterocycles. The van der Waals surface area contributed by atoms with Crippen LogP contribution in [0.25, 0.3) is 0 Å². The zero-order chi connectivity index (χ0) is 11.8. The molecule has 0 radical (unpaired) electrons. The van der Waals surface area contributed by atoms with Gasteiger partial charge in [0.25, 0.3) is 6.47 Å². The molecule has 0 unspecified atom stereocenters. The van der Waals surface area contributed by atoms with Gasteiger partial charge in [-0.2, -0.15) is 0 Å². The van der Waals surface area contributed by atoms with Crippen LogP contribution >= 0.6 is 0 Å². The molecule has 2 fully saturated rings. The second-order valence-electron chi connectivity index (χ2n) is 5.11. The first-order valence-electron chi connectivity index (χ1n) is 5.88. The van der Waals surface area contributed by atoms with Gasteiger partial charge in [0.05, 0.1) is 0 Å². The van der Waals surface area contributed by atoms with Crippen LogP contribution in [-0.2, 0) is 14.3 Å². The first-order valence-corrected chi connectivity index (χ1v) is 5.88. The number of hydrogen-bond acceptors (Lipinski definition) is 3. The Balaban J connectivity index is 2.24. The molecule has 88 valence electrons. The van der Waals surface area contributed by atoms with Crippen LogP contribution in [-0.4, -0.2) is 18.4 Å². The van der Waals surface area contributed by atoms with Crippen molar-refractivity contribution in [2.45, 2.75) is 38.7 Å². The lowest BCUT2D eigenvalue weighted by Crippen LogP contribution is -2.44. The van der Waals surface area contributed by atoms with Gasteiger partial charge in [-0.25, -0.2) is 0 Å². The quantitative estimate of drug-likeness (QED) is 0.542. The van der Waals surface area contributed by atoms with Gasteiger partial charge in [0, 0.05) is 17.8 Å². The van der Waals surface area contributed by atoms with Crippen molar-refractivity contribution in [1.29, 1.82) is 0 Å². The number of carbonyl (C=O) groups excluding carboxylic acids is 2. The van der Waals surface area contributed by atoms with E-state index in [4.69, 9.17) is 4.74 Å². The smallest absolute Gasteiger partial charge is 0.293 e. The van der Waals surface area contributed by atoms with Crippen molar-refractivity contribution in [3.63, 3.8) is 0 Å². The van der Waals surface area contributed by atoms with E-state index in [-0.39, 0.29) is 17.4 Å². The summed E-state index contributed by atoms with van der Waals surface area (Å²) in [5, 5.41) is 0. The molecule has 0 bridgehead atoms. The minimum atomic E-state index is -0.207. The van der Waals surface area contributed by atoms with E-state index in [9.17, 15) is 9.59 Å². The van der Waals surface area contributed by atoms with Crippen LogP contribution in [0.1, 0.15) is 32.6 Å². The zero-order valence-electron chi connectivity index (χ0n) is 9.65. The van der Waals surface area contributed by atoms with E-state index >= 15 is 0 Å². The summed E-state index contributed by atoms with van der Waals surface area (Å²) in [6, 6.07) is 0. The van der Waals surface area contributed by atoms with Gasteiger partial charge in [-0.3, -0.25) is 9.59 Å². The highest BCUT2D eigenvalue weighted by molar-refractivity contribution is 5.87. The summed E-state index contributed by atoms with van der Waals surface area (Å²) in [7, 11) is 0. The van der Waals surface area contributed by atoms with Gasteiger partial charge in [0.2, 0.25) is 0 Å². The van der Waals surface area contributed by atoms with Gasteiger partial charge in [0.1, 0.15) is 11.9 Å². The molecule has 4 atom stereocenters. The number of fused-ring (bicyclic) bond motifs is 1. The lowest BCUT2D eigenvalue weighted by Gasteiger charge is -2.43. The average Bonchev–Trinajstić information content (AvgIpc) is 2.57. The molecule has 16 heavy (non-hydrogen) atoms. The monoisotopic (exact) mass is 222 g/mol. The Morgan fingerprint density at radius 3 is 2.88 bits per heavy atom. The summed E-state index contributed by atoms with van der Waals surface area (Å²) in [6.07, 6.45) is 4.95. The predicted molar refractivity (Wildman–Crippen MR) is 59.7 cm³/mol. The highest BCUT2D eigenvalue weighted by atomic mass is 16.5. The average molecular weight is 222 g/mol. The summed E-state index contributed by atoms with van der Waals surface area (Å²) >= 11 is 0. The summed E-state index contributed by atoms with van der Waals surface area (Å²) < 4.78 is 5.11. The third-order valence-electron chi connectivity index (χ3n) is 4.48. The van der Waals surface area contributed by atoms with Crippen LogP contribution in [0.15, 0.2) is 12.7 Å². The molecule has 0 spiro atoms. The largest absolute Gasteiger partial charge is 0.464 e. The number of carbonyl (C=O) groups is 2. The van der Waals surface area contributed by atoms with Crippen molar-refractivity contribution in [2.75, 3.05) is 0 Å². The molecule has 0 amide bonds. The number of hydrogen-bond donors (Lipinski definition) is 0. The fourth-order valence-electron chi connectivity index (χ4n) is 3.48. The second kappa shape index (κ2) is 4.04. The number of ketones is 1. The van der Waals surface area contributed by atoms with Crippen molar-refractivity contribution in [2.24, 2.45) is 17.3 Å². The first-order chi connectivity index (χ1) is 7.63. The van der Waals surface area contributed by atoms with Crippen molar-refractivity contribution < 1.29 is 14.3 Å². The fraction of sp³-hybridized carbons (Fsp3) is 0.692. The highest BCUT2D eigenvalue weighted by Gasteiger charge is 2.53. The lowest BCUT2D eigenvalue weighted by atomic mass is 9.63. The van der Waals surface area contributed by atoms with Gasteiger partial charge >= 0.3 is 0 Å². The van der Waals surface area contributed by atoms with Crippen LogP contribution in [0.3, 0.4) is 0 Å². The molecule has 0 aromatic carbocycles. The zero-order valence-corrected chi connectivity index (χ0v) is 9.65. The van der Waals surface area contributed by atoms with Crippen LogP contribution < -0.4 is 0 Å². The van der Waals surface area contributed by atoms with E-state index in [1.807, 2.05) is 6.08 Å². The van der Waals surface area contributed by atoms with Crippen LogP contribution in [0.5, 0.6) is 0 Å². The molecule has 0 aromatic rings. The minimum Gasteiger partial charge on any atom is -0.464 e. The molecule has 2 rings (SSSR count). The minimum absolute atomic E-state index is 0.0843. The van der Waals surface area contributed by atoms with Crippen LogP contribution in [0.2, 0.25) is 0 Å². The SMILES string of the molecule is C=C[C@@H]1[C@H](OC=O)CC[C@]2(C)C(=O)CC[C@@H]12. The Bertz CT molecular complexity index is 323. The Hall–Kier alpha value is -1.12. The van der Waals surface area contributed by atoms with Crippen molar-refractivity contribution in [3.8, 4) is 0 Å². The summed E-state index contributed by atoms with van der Waals surface area (Å²) in [5.41, 5.74) is -0.207. The van der Waals surface area contributed by atoms with E-state index in [1.165, 1.54) is 0 Å². The molecule has 2 saturated carbocycles. The maximum absolute atomic E-state index is 11.9. The molecule has 0 heterocycles. The maximum atomic E-state index is 11.9. The molecule has 3 heteroatoms. The molecule has 0 aliphatic heterocycles. The third-order valence-corrected chi connectivity index (χ3v) is 4.48. The molecule has 3 nitrogen and oxygen atoms in total. The Kier molecular flexibility index (Phi) is 2.87. The summed E-state index contributed by atoms with van der Waals surface area (Å²) in [5.74, 6) is 0.806. The van der Waals surface area contributed by atoms with Gasteiger partial charge in [-0.1, -0.05) is 13.0 Å². The van der Waals surface area contributed by atoms with Gasteiger partial charge in [-0.15, -0.1) is 6.58 Å². The fourth-order valence-corrected chi connectivity index (χ4v) is 3.48. The van der Waals surface area contributed by atoms with Gasteiger partial charge < -0.3 is 4.74 Å². The highest BCUT2D eigenvalue weighted by Crippen LogP contribution is 2.53. The van der Waals surface area contributed by atoms with Crippen molar-refractivity contribution in [1.82, 2.24) is 0 Å². The number of rotatable bonds is 3. The van der Waals surface area contributed by atoms with E-state index < -0.39 is 0 Å². The van der Waals surface area contributed by atoms with Crippen molar-refractivity contribution >= 4 is 12.3 Å². The van der Waals surface area contributed by atoms with E-state index in [2.05, 4.69) is 13.5 Å². The summed E-state index contributed by atoms with van der Waals surface area (Å²) in [6.45, 7) is 6.40. The number of ether oxygens (including phenoxy) is 1. The molecular formula is C13H18O3.